The number of nitrogens with zero attached hydrogens (tertiary/aromatic N) is 2. The summed E-state index contributed by atoms with van der Waals surface area (Å²) in [4.78, 5) is 12.7. The number of benzene rings is 2. The van der Waals surface area contributed by atoms with Crippen molar-refractivity contribution in [1.29, 1.82) is 0 Å². The van der Waals surface area contributed by atoms with Crippen molar-refractivity contribution in [2.24, 2.45) is 5.92 Å². The van der Waals surface area contributed by atoms with E-state index in [2.05, 4.69) is 5.32 Å². The number of halogens is 1. The van der Waals surface area contributed by atoms with Crippen molar-refractivity contribution < 1.29 is 17.9 Å². The molecule has 2 aromatic carbocycles. The summed E-state index contributed by atoms with van der Waals surface area (Å²) in [7, 11) is -2.19. The fraction of sp³-hybridized carbons (Fsp3) is 0.409. The summed E-state index contributed by atoms with van der Waals surface area (Å²) in [5.41, 5.74) is 1.47. The standard InChI is InChI=1S/C22H28ClN3O4S/c1-3-26(20-9-11-21(30-2)12-10-20)31(28,29)25-13-5-7-18(16-25)22(27)24-15-17-6-4-8-19(23)14-17/h4,6,8-12,14,18H,3,5,7,13,15-16H2,1-2H3,(H,24,27). The summed E-state index contributed by atoms with van der Waals surface area (Å²) in [6.45, 7) is 3.00. The monoisotopic (exact) mass is 465 g/mol. The first-order valence-corrected chi connectivity index (χ1v) is 12.1. The topological polar surface area (TPSA) is 79.0 Å². The van der Waals surface area contributed by atoms with Crippen LogP contribution in [0.2, 0.25) is 5.02 Å². The van der Waals surface area contributed by atoms with Crippen molar-refractivity contribution >= 4 is 33.4 Å². The highest BCUT2D eigenvalue weighted by atomic mass is 35.5. The van der Waals surface area contributed by atoms with Gasteiger partial charge in [-0.1, -0.05) is 23.7 Å². The number of carbonyl (C=O) groups is 1. The Morgan fingerprint density at radius 3 is 2.65 bits per heavy atom. The first kappa shape index (κ1) is 23.4. The van der Waals surface area contributed by atoms with Gasteiger partial charge in [-0.15, -0.1) is 0 Å². The molecule has 1 atom stereocenters. The molecular weight excluding hydrogens is 438 g/mol. The van der Waals surface area contributed by atoms with Crippen molar-refractivity contribution in [2.75, 3.05) is 31.0 Å². The second-order valence-electron chi connectivity index (χ2n) is 7.42. The quantitative estimate of drug-likeness (QED) is 0.647. The Hall–Kier alpha value is -2.29. The zero-order valence-electron chi connectivity index (χ0n) is 17.8. The van der Waals surface area contributed by atoms with Crippen LogP contribution in [0.4, 0.5) is 5.69 Å². The van der Waals surface area contributed by atoms with Crippen LogP contribution in [0.1, 0.15) is 25.3 Å². The highest BCUT2D eigenvalue weighted by Gasteiger charge is 2.35. The molecule has 1 saturated heterocycles. The number of methoxy groups -OCH3 is 1. The number of anilines is 1. The number of rotatable bonds is 8. The lowest BCUT2D eigenvalue weighted by atomic mass is 9.99. The predicted molar refractivity (Wildman–Crippen MR) is 123 cm³/mol. The molecule has 1 aliphatic heterocycles. The third-order valence-electron chi connectivity index (χ3n) is 5.36. The van der Waals surface area contributed by atoms with Gasteiger partial charge in [-0.05, 0) is 61.7 Å². The molecule has 0 spiro atoms. The summed E-state index contributed by atoms with van der Waals surface area (Å²) in [5, 5.41) is 3.52. The summed E-state index contributed by atoms with van der Waals surface area (Å²) < 4.78 is 34.6. The van der Waals surface area contributed by atoms with Crippen LogP contribution in [0.3, 0.4) is 0 Å². The van der Waals surface area contributed by atoms with Gasteiger partial charge in [-0.2, -0.15) is 12.7 Å². The summed E-state index contributed by atoms with van der Waals surface area (Å²) in [6.07, 6.45) is 1.29. The van der Waals surface area contributed by atoms with E-state index in [9.17, 15) is 13.2 Å². The molecule has 9 heteroatoms. The summed E-state index contributed by atoms with van der Waals surface area (Å²) in [6, 6.07) is 14.2. The number of ether oxygens (including phenoxy) is 1. The Kier molecular flexibility index (Phi) is 7.80. The molecule has 1 heterocycles. The minimum atomic E-state index is -3.76. The molecule has 1 amide bonds. The van der Waals surface area contributed by atoms with Crippen LogP contribution in [0.25, 0.3) is 0 Å². The van der Waals surface area contributed by atoms with E-state index < -0.39 is 16.1 Å². The van der Waals surface area contributed by atoms with Gasteiger partial charge >= 0.3 is 10.2 Å². The van der Waals surface area contributed by atoms with Crippen LogP contribution in [-0.4, -0.2) is 45.4 Å². The van der Waals surface area contributed by atoms with Gasteiger partial charge in [0.15, 0.2) is 0 Å². The number of hydrogen-bond donors (Lipinski definition) is 1. The molecule has 0 aliphatic carbocycles. The third-order valence-corrected chi connectivity index (χ3v) is 7.61. The van der Waals surface area contributed by atoms with E-state index in [4.69, 9.17) is 16.3 Å². The van der Waals surface area contributed by atoms with Crippen LogP contribution >= 0.6 is 11.6 Å². The second kappa shape index (κ2) is 10.3. The van der Waals surface area contributed by atoms with Crippen molar-refractivity contribution in [3.8, 4) is 5.75 Å². The number of hydrogen-bond acceptors (Lipinski definition) is 4. The molecule has 1 fully saturated rings. The van der Waals surface area contributed by atoms with E-state index in [0.29, 0.717) is 42.4 Å². The van der Waals surface area contributed by atoms with E-state index >= 15 is 0 Å². The first-order chi connectivity index (χ1) is 14.8. The minimum absolute atomic E-state index is 0.146. The fourth-order valence-electron chi connectivity index (χ4n) is 3.71. The van der Waals surface area contributed by atoms with Crippen LogP contribution in [0.5, 0.6) is 5.75 Å². The van der Waals surface area contributed by atoms with Gasteiger partial charge in [0.2, 0.25) is 5.91 Å². The lowest BCUT2D eigenvalue weighted by Crippen LogP contribution is -2.50. The fourth-order valence-corrected chi connectivity index (χ4v) is 5.65. The maximum absolute atomic E-state index is 13.3. The van der Waals surface area contributed by atoms with Crippen LogP contribution in [0.15, 0.2) is 48.5 Å². The van der Waals surface area contributed by atoms with Crippen molar-refractivity contribution in [3.63, 3.8) is 0 Å². The molecule has 2 aromatic rings. The lowest BCUT2D eigenvalue weighted by molar-refractivity contribution is -0.126. The molecule has 7 nitrogen and oxygen atoms in total. The number of piperidine rings is 1. The SMILES string of the molecule is CCN(c1ccc(OC)cc1)S(=O)(=O)N1CCCC(C(=O)NCc2cccc(Cl)c2)C1. The van der Waals surface area contributed by atoms with E-state index in [1.54, 1.807) is 50.4 Å². The maximum Gasteiger partial charge on any atom is 0.304 e. The van der Waals surface area contributed by atoms with E-state index in [1.165, 1.54) is 8.61 Å². The number of carbonyl (C=O) groups excluding carboxylic acids is 1. The molecule has 1 N–H and O–H groups in total. The lowest BCUT2D eigenvalue weighted by Gasteiger charge is -2.35. The van der Waals surface area contributed by atoms with Gasteiger partial charge in [-0.25, -0.2) is 0 Å². The average molecular weight is 466 g/mol. The molecule has 0 radical (unpaired) electrons. The minimum Gasteiger partial charge on any atom is -0.497 e. The Bertz CT molecular complexity index is 998. The Balaban J connectivity index is 1.67. The maximum atomic E-state index is 13.3. The van der Waals surface area contributed by atoms with Crippen LogP contribution in [0, 0.1) is 5.92 Å². The normalized spacial score (nSPS) is 17.2. The predicted octanol–water partition coefficient (Wildman–Crippen LogP) is 3.45. The molecule has 1 unspecified atom stereocenters. The first-order valence-electron chi connectivity index (χ1n) is 10.3. The van der Waals surface area contributed by atoms with Gasteiger partial charge in [0.1, 0.15) is 5.75 Å². The van der Waals surface area contributed by atoms with Crippen LogP contribution in [-0.2, 0) is 21.5 Å². The Morgan fingerprint density at radius 1 is 1.26 bits per heavy atom. The van der Waals surface area contributed by atoms with Gasteiger partial charge in [0.05, 0.1) is 18.7 Å². The average Bonchev–Trinajstić information content (AvgIpc) is 2.78. The smallest absolute Gasteiger partial charge is 0.304 e. The van der Waals surface area contributed by atoms with E-state index in [-0.39, 0.29) is 19.0 Å². The zero-order valence-corrected chi connectivity index (χ0v) is 19.3. The Morgan fingerprint density at radius 2 is 2.00 bits per heavy atom. The van der Waals surface area contributed by atoms with Gasteiger partial charge < -0.3 is 10.1 Å². The number of nitrogens with one attached hydrogen (secondary N) is 1. The third kappa shape index (κ3) is 5.70. The molecular formula is C22H28ClN3O4S. The summed E-state index contributed by atoms with van der Waals surface area (Å²) in [5.74, 6) is 0.122. The second-order valence-corrected chi connectivity index (χ2v) is 9.70. The van der Waals surface area contributed by atoms with Gasteiger partial charge in [0.25, 0.3) is 0 Å². The molecule has 0 aromatic heterocycles. The largest absolute Gasteiger partial charge is 0.497 e. The highest BCUT2D eigenvalue weighted by molar-refractivity contribution is 7.90. The molecule has 1 aliphatic rings. The van der Waals surface area contributed by atoms with E-state index in [1.807, 2.05) is 12.1 Å². The number of amides is 1. The molecule has 31 heavy (non-hydrogen) atoms. The van der Waals surface area contributed by atoms with Crippen LogP contribution < -0.4 is 14.4 Å². The van der Waals surface area contributed by atoms with Gasteiger partial charge in [0, 0.05) is 31.2 Å². The van der Waals surface area contributed by atoms with Crippen molar-refractivity contribution in [1.82, 2.24) is 9.62 Å². The molecule has 3 rings (SSSR count). The summed E-state index contributed by atoms with van der Waals surface area (Å²) >= 11 is 5.99. The van der Waals surface area contributed by atoms with E-state index in [0.717, 1.165) is 5.56 Å². The molecule has 0 bridgehead atoms. The molecule has 0 saturated carbocycles. The zero-order chi connectivity index (χ0) is 22.4. The Labute approximate surface area is 189 Å². The highest BCUT2D eigenvalue weighted by Crippen LogP contribution is 2.27. The van der Waals surface area contributed by atoms with Crippen molar-refractivity contribution in [3.05, 3.63) is 59.1 Å². The van der Waals surface area contributed by atoms with Crippen molar-refractivity contribution in [2.45, 2.75) is 26.3 Å². The van der Waals surface area contributed by atoms with Gasteiger partial charge in [-0.3, -0.25) is 9.10 Å². The molecule has 168 valence electrons.